The second kappa shape index (κ2) is 8.94. The summed E-state index contributed by atoms with van der Waals surface area (Å²) in [5.41, 5.74) is 1.35. The van der Waals surface area contributed by atoms with Gasteiger partial charge in [0.25, 0.3) is 5.91 Å². The first-order chi connectivity index (χ1) is 14.1. The van der Waals surface area contributed by atoms with Crippen LogP contribution in [0.25, 0.3) is 0 Å². The third kappa shape index (κ3) is 4.77. The van der Waals surface area contributed by atoms with Crippen molar-refractivity contribution in [1.29, 1.82) is 0 Å². The molecular weight excluding hydrogens is 388 g/mol. The lowest BCUT2D eigenvalue weighted by Gasteiger charge is -2.41. The van der Waals surface area contributed by atoms with Crippen molar-refractivity contribution in [3.8, 4) is 0 Å². The summed E-state index contributed by atoms with van der Waals surface area (Å²) in [7, 11) is 1.73. The molecule has 2 atom stereocenters. The van der Waals surface area contributed by atoms with E-state index in [0.717, 1.165) is 25.4 Å². The fourth-order valence-corrected chi connectivity index (χ4v) is 4.98. The molecule has 1 aromatic carbocycles. The third-order valence-electron chi connectivity index (χ3n) is 5.91. The first kappa shape index (κ1) is 19.9. The summed E-state index contributed by atoms with van der Waals surface area (Å²) >= 11 is 1.27. The molecule has 2 fully saturated rings. The van der Waals surface area contributed by atoms with Crippen molar-refractivity contribution in [3.63, 3.8) is 0 Å². The van der Waals surface area contributed by atoms with Gasteiger partial charge in [0.1, 0.15) is 0 Å². The summed E-state index contributed by atoms with van der Waals surface area (Å²) in [4.78, 5) is 27.0. The van der Waals surface area contributed by atoms with E-state index in [1.54, 1.807) is 31.3 Å². The molecular formula is C20H26N6O2S. The summed E-state index contributed by atoms with van der Waals surface area (Å²) < 4.78 is 1.52. The quantitative estimate of drug-likeness (QED) is 0.756. The number of rotatable bonds is 5. The second-order valence-corrected chi connectivity index (χ2v) is 8.79. The summed E-state index contributed by atoms with van der Waals surface area (Å²) in [6, 6.07) is 7.16. The smallest absolute Gasteiger partial charge is 0.253 e. The molecule has 2 heterocycles. The van der Waals surface area contributed by atoms with Crippen molar-refractivity contribution in [3.05, 3.63) is 29.8 Å². The maximum atomic E-state index is 12.9. The Balaban J connectivity index is 1.29. The fourth-order valence-electron chi connectivity index (χ4n) is 4.33. The van der Waals surface area contributed by atoms with E-state index in [-0.39, 0.29) is 17.6 Å². The van der Waals surface area contributed by atoms with Crippen molar-refractivity contribution in [1.82, 2.24) is 25.1 Å². The van der Waals surface area contributed by atoms with Crippen LogP contribution in [0.5, 0.6) is 0 Å². The van der Waals surface area contributed by atoms with E-state index in [4.69, 9.17) is 0 Å². The minimum Gasteiger partial charge on any atom is -0.338 e. The van der Waals surface area contributed by atoms with Crippen LogP contribution in [0, 0.1) is 11.8 Å². The number of hydrogen-bond donors (Lipinski definition) is 1. The molecule has 1 saturated carbocycles. The zero-order valence-electron chi connectivity index (χ0n) is 16.6. The lowest BCUT2D eigenvalue weighted by Crippen LogP contribution is -2.44. The number of tetrazole rings is 1. The lowest BCUT2D eigenvalue weighted by atomic mass is 9.75. The van der Waals surface area contributed by atoms with Gasteiger partial charge >= 0.3 is 0 Å². The van der Waals surface area contributed by atoms with Gasteiger partial charge < -0.3 is 10.2 Å². The van der Waals surface area contributed by atoms with Gasteiger partial charge in [-0.05, 0) is 59.4 Å². The van der Waals surface area contributed by atoms with Gasteiger partial charge in [-0.1, -0.05) is 31.0 Å². The van der Waals surface area contributed by atoms with Gasteiger partial charge in [0.2, 0.25) is 11.1 Å². The van der Waals surface area contributed by atoms with Crippen LogP contribution < -0.4 is 5.32 Å². The Morgan fingerprint density at radius 2 is 1.90 bits per heavy atom. The number of likely N-dealkylation sites (tertiary alicyclic amines) is 1. The Morgan fingerprint density at radius 3 is 2.62 bits per heavy atom. The standard InChI is InChI=1S/C20H26N6O2S/c1-25-20(22-23-24-25)29-13-18(27)21-17-8-6-15(7-9-17)19(28)26-11-10-14-4-2-3-5-16(14)12-26/h6-9,14,16H,2-5,10-13H2,1H3,(H,21,27). The number of nitrogens with zero attached hydrogens (tertiary/aromatic N) is 5. The number of carbonyl (C=O) groups is 2. The lowest BCUT2D eigenvalue weighted by molar-refractivity contribution is -0.113. The maximum absolute atomic E-state index is 12.9. The van der Waals surface area contributed by atoms with E-state index in [9.17, 15) is 9.59 Å². The summed E-state index contributed by atoms with van der Waals surface area (Å²) in [5, 5.41) is 14.5. The molecule has 8 nitrogen and oxygen atoms in total. The second-order valence-electron chi connectivity index (χ2n) is 7.84. The SMILES string of the molecule is Cn1nnnc1SCC(=O)Nc1ccc(C(=O)N2CCC3CCCCC3C2)cc1. The highest BCUT2D eigenvalue weighted by Gasteiger charge is 2.33. The highest BCUT2D eigenvalue weighted by atomic mass is 32.2. The molecule has 0 bridgehead atoms. The van der Waals surface area contributed by atoms with E-state index in [1.165, 1.54) is 42.1 Å². The number of aromatic nitrogens is 4. The van der Waals surface area contributed by atoms with Crippen LogP contribution in [0.1, 0.15) is 42.5 Å². The number of thioether (sulfide) groups is 1. The van der Waals surface area contributed by atoms with E-state index < -0.39 is 0 Å². The molecule has 1 saturated heterocycles. The van der Waals surface area contributed by atoms with Crippen LogP contribution in [-0.2, 0) is 11.8 Å². The van der Waals surface area contributed by atoms with E-state index in [1.807, 2.05) is 4.90 Å². The highest BCUT2D eigenvalue weighted by Crippen LogP contribution is 2.36. The van der Waals surface area contributed by atoms with Crippen LogP contribution in [-0.4, -0.2) is 55.8 Å². The molecule has 2 aromatic rings. The zero-order chi connectivity index (χ0) is 20.2. The molecule has 4 rings (SSSR count). The molecule has 2 unspecified atom stereocenters. The fraction of sp³-hybridized carbons (Fsp3) is 0.550. The number of amides is 2. The van der Waals surface area contributed by atoms with Gasteiger partial charge in [0, 0.05) is 31.4 Å². The molecule has 9 heteroatoms. The molecule has 1 aliphatic heterocycles. The Labute approximate surface area is 174 Å². The van der Waals surface area contributed by atoms with Gasteiger partial charge in [-0.2, -0.15) is 0 Å². The van der Waals surface area contributed by atoms with E-state index >= 15 is 0 Å². The topological polar surface area (TPSA) is 93.0 Å². The van der Waals surface area contributed by atoms with Crippen LogP contribution in [0.4, 0.5) is 5.69 Å². The van der Waals surface area contributed by atoms with Gasteiger partial charge in [0.05, 0.1) is 5.75 Å². The average molecular weight is 415 g/mol. The molecule has 0 radical (unpaired) electrons. The van der Waals surface area contributed by atoms with Gasteiger partial charge in [-0.15, -0.1) is 5.10 Å². The minimum atomic E-state index is -0.142. The molecule has 0 spiro atoms. The number of hydrogen-bond acceptors (Lipinski definition) is 6. The van der Waals surface area contributed by atoms with Crippen molar-refractivity contribution in [2.24, 2.45) is 18.9 Å². The summed E-state index contributed by atoms with van der Waals surface area (Å²) in [6.45, 7) is 1.74. The predicted molar refractivity (Wildman–Crippen MR) is 111 cm³/mol. The number of piperidine rings is 1. The largest absolute Gasteiger partial charge is 0.338 e. The Bertz CT molecular complexity index is 868. The van der Waals surface area contributed by atoms with Crippen LogP contribution in [0.3, 0.4) is 0 Å². The average Bonchev–Trinajstić information content (AvgIpc) is 3.16. The van der Waals surface area contributed by atoms with Gasteiger partial charge in [-0.25, -0.2) is 4.68 Å². The number of benzene rings is 1. The predicted octanol–water partition coefficient (Wildman–Crippen LogP) is 2.59. The number of nitrogens with one attached hydrogen (secondary N) is 1. The van der Waals surface area contributed by atoms with E-state index in [2.05, 4.69) is 20.8 Å². The van der Waals surface area contributed by atoms with Crippen LogP contribution in [0.2, 0.25) is 0 Å². The number of aryl methyl sites for hydroxylation is 1. The van der Waals surface area contributed by atoms with Crippen molar-refractivity contribution in [2.45, 2.75) is 37.3 Å². The number of carbonyl (C=O) groups excluding carboxylic acids is 2. The Morgan fingerprint density at radius 1 is 1.14 bits per heavy atom. The van der Waals surface area contributed by atoms with Crippen LogP contribution >= 0.6 is 11.8 Å². The monoisotopic (exact) mass is 414 g/mol. The molecule has 29 heavy (non-hydrogen) atoms. The number of anilines is 1. The van der Waals surface area contributed by atoms with Crippen molar-refractivity contribution in [2.75, 3.05) is 24.2 Å². The van der Waals surface area contributed by atoms with Crippen LogP contribution in [0.15, 0.2) is 29.4 Å². The molecule has 2 aliphatic rings. The molecule has 1 aliphatic carbocycles. The van der Waals surface area contributed by atoms with Crippen molar-refractivity contribution < 1.29 is 9.59 Å². The normalized spacial score (nSPS) is 21.5. The Kier molecular flexibility index (Phi) is 6.13. The van der Waals surface area contributed by atoms with Crippen molar-refractivity contribution >= 4 is 29.3 Å². The Hall–Kier alpha value is -2.42. The highest BCUT2D eigenvalue weighted by molar-refractivity contribution is 7.99. The maximum Gasteiger partial charge on any atom is 0.253 e. The molecule has 2 amide bonds. The molecule has 154 valence electrons. The third-order valence-corrected chi connectivity index (χ3v) is 6.92. The molecule has 1 aromatic heterocycles. The van der Waals surface area contributed by atoms with Gasteiger partial charge in [0.15, 0.2) is 0 Å². The minimum absolute atomic E-state index is 0.0947. The first-order valence-electron chi connectivity index (χ1n) is 10.1. The van der Waals surface area contributed by atoms with E-state index in [0.29, 0.717) is 22.3 Å². The van der Waals surface area contributed by atoms with Gasteiger partial charge in [-0.3, -0.25) is 9.59 Å². The summed E-state index contributed by atoms with van der Waals surface area (Å²) in [5.74, 6) is 1.64. The first-order valence-corrected chi connectivity index (χ1v) is 11.1. The zero-order valence-corrected chi connectivity index (χ0v) is 17.4. The number of fused-ring (bicyclic) bond motifs is 1. The summed E-state index contributed by atoms with van der Waals surface area (Å²) in [6.07, 6.45) is 6.34. The molecule has 1 N–H and O–H groups in total.